The van der Waals surface area contributed by atoms with E-state index in [4.69, 9.17) is 9.47 Å². The van der Waals surface area contributed by atoms with Crippen molar-refractivity contribution in [2.45, 2.75) is 25.5 Å². The van der Waals surface area contributed by atoms with Crippen molar-refractivity contribution in [1.29, 1.82) is 0 Å². The molecule has 1 saturated heterocycles. The van der Waals surface area contributed by atoms with Gasteiger partial charge in [0.15, 0.2) is 0 Å². The first-order valence-electron chi connectivity index (χ1n) is 6.87. The van der Waals surface area contributed by atoms with Gasteiger partial charge in [0.2, 0.25) is 0 Å². The SMILES string of the molecule is CCOc1ccccc1C(=O)N1CC(O)CC1C(=O)OC. The third-order valence-electron chi connectivity index (χ3n) is 3.43. The number of nitrogens with zero attached hydrogens (tertiary/aromatic N) is 1. The Labute approximate surface area is 123 Å². The molecule has 1 aromatic rings. The van der Waals surface area contributed by atoms with E-state index in [-0.39, 0.29) is 18.9 Å². The summed E-state index contributed by atoms with van der Waals surface area (Å²) in [6.07, 6.45) is -0.535. The maximum absolute atomic E-state index is 12.6. The standard InChI is InChI=1S/C15H19NO5/c1-3-21-13-7-5-4-6-11(13)14(18)16-9-10(17)8-12(16)15(19)20-2/h4-7,10,12,17H,3,8-9H2,1-2H3. The minimum atomic E-state index is -0.757. The molecule has 2 unspecified atom stereocenters. The summed E-state index contributed by atoms with van der Waals surface area (Å²) in [7, 11) is 1.27. The molecule has 1 aromatic carbocycles. The molecule has 1 amide bonds. The first-order chi connectivity index (χ1) is 10.1. The smallest absolute Gasteiger partial charge is 0.328 e. The van der Waals surface area contributed by atoms with Crippen molar-refractivity contribution in [2.24, 2.45) is 0 Å². The number of hydrogen-bond donors (Lipinski definition) is 1. The Bertz CT molecular complexity index is 531. The van der Waals surface area contributed by atoms with Crippen LogP contribution in [0, 0.1) is 0 Å². The molecule has 6 nitrogen and oxygen atoms in total. The van der Waals surface area contributed by atoms with E-state index in [0.717, 1.165) is 0 Å². The lowest BCUT2D eigenvalue weighted by molar-refractivity contribution is -0.145. The van der Waals surface area contributed by atoms with Gasteiger partial charge < -0.3 is 19.5 Å². The lowest BCUT2D eigenvalue weighted by Gasteiger charge is -2.23. The van der Waals surface area contributed by atoms with E-state index in [2.05, 4.69) is 0 Å². The van der Waals surface area contributed by atoms with Gasteiger partial charge in [-0.25, -0.2) is 4.79 Å². The highest BCUT2D eigenvalue weighted by molar-refractivity contribution is 5.99. The zero-order chi connectivity index (χ0) is 15.4. The molecule has 0 aromatic heterocycles. The number of amides is 1. The summed E-state index contributed by atoms with van der Waals surface area (Å²) >= 11 is 0. The number of carbonyl (C=O) groups is 2. The Morgan fingerprint density at radius 2 is 2.10 bits per heavy atom. The summed E-state index contributed by atoms with van der Waals surface area (Å²) in [5.41, 5.74) is 0.377. The van der Waals surface area contributed by atoms with Crippen LogP contribution in [0.3, 0.4) is 0 Å². The molecule has 6 heteroatoms. The maximum Gasteiger partial charge on any atom is 0.328 e. The van der Waals surface area contributed by atoms with E-state index >= 15 is 0 Å². The number of aliphatic hydroxyl groups excluding tert-OH is 1. The molecular formula is C15H19NO5. The van der Waals surface area contributed by atoms with Crippen molar-refractivity contribution in [3.63, 3.8) is 0 Å². The Hall–Kier alpha value is -2.08. The Morgan fingerprint density at radius 3 is 2.76 bits per heavy atom. The second-order valence-electron chi connectivity index (χ2n) is 4.82. The summed E-state index contributed by atoms with van der Waals surface area (Å²) < 4.78 is 10.1. The van der Waals surface area contributed by atoms with Crippen molar-refractivity contribution in [3.8, 4) is 5.75 Å². The van der Waals surface area contributed by atoms with Gasteiger partial charge in [-0.3, -0.25) is 4.79 Å². The van der Waals surface area contributed by atoms with Crippen molar-refractivity contribution in [2.75, 3.05) is 20.3 Å². The molecule has 2 rings (SSSR count). The average Bonchev–Trinajstić information content (AvgIpc) is 2.88. The topological polar surface area (TPSA) is 76.1 Å². The molecule has 2 atom stereocenters. The van der Waals surface area contributed by atoms with E-state index < -0.39 is 18.1 Å². The number of benzene rings is 1. The molecule has 0 saturated carbocycles. The van der Waals surface area contributed by atoms with Gasteiger partial charge in [-0.2, -0.15) is 0 Å². The first kappa shape index (κ1) is 15.3. The number of ether oxygens (including phenoxy) is 2. The first-order valence-corrected chi connectivity index (χ1v) is 6.87. The van der Waals surface area contributed by atoms with Gasteiger partial charge in [0, 0.05) is 13.0 Å². The molecule has 1 fully saturated rings. The molecule has 1 aliphatic heterocycles. The second kappa shape index (κ2) is 6.58. The molecule has 0 aliphatic carbocycles. The van der Waals surface area contributed by atoms with Gasteiger partial charge in [0.1, 0.15) is 11.8 Å². The van der Waals surface area contributed by atoms with E-state index in [9.17, 15) is 14.7 Å². The van der Waals surface area contributed by atoms with E-state index in [1.165, 1.54) is 12.0 Å². The molecule has 0 radical (unpaired) electrons. The van der Waals surface area contributed by atoms with Crippen molar-refractivity contribution in [1.82, 2.24) is 4.90 Å². The van der Waals surface area contributed by atoms with Gasteiger partial charge >= 0.3 is 5.97 Å². The number of methoxy groups -OCH3 is 1. The predicted octanol–water partition coefficient (Wildman–Crippen LogP) is 0.834. The minimum absolute atomic E-state index is 0.110. The number of para-hydroxylation sites is 1. The highest BCUT2D eigenvalue weighted by atomic mass is 16.5. The zero-order valence-electron chi connectivity index (χ0n) is 12.1. The van der Waals surface area contributed by atoms with E-state index in [1.54, 1.807) is 24.3 Å². The van der Waals surface area contributed by atoms with Crippen LogP contribution in [0.2, 0.25) is 0 Å². The number of hydrogen-bond acceptors (Lipinski definition) is 5. The number of aliphatic hydroxyl groups is 1. The molecule has 21 heavy (non-hydrogen) atoms. The van der Waals surface area contributed by atoms with Gasteiger partial charge in [-0.15, -0.1) is 0 Å². The van der Waals surface area contributed by atoms with E-state index in [1.807, 2.05) is 6.92 Å². The average molecular weight is 293 g/mol. The van der Waals surface area contributed by atoms with Crippen LogP contribution < -0.4 is 4.74 Å². The van der Waals surface area contributed by atoms with Gasteiger partial charge in [0.25, 0.3) is 5.91 Å². The monoisotopic (exact) mass is 293 g/mol. The zero-order valence-corrected chi connectivity index (χ0v) is 12.1. The van der Waals surface area contributed by atoms with Crippen LogP contribution in [0.15, 0.2) is 24.3 Å². The number of β-amino-alcohol motifs (C(OH)–C–C–N with tert-alkyl or cyclic N) is 1. The van der Waals surface area contributed by atoms with Crippen LogP contribution in [0.1, 0.15) is 23.7 Å². The van der Waals surface area contributed by atoms with Crippen LogP contribution in [0.5, 0.6) is 5.75 Å². The summed E-state index contributed by atoms with van der Waals surface area (Å²) in [6, 6.07) is 6.10. The highest BCUT2D eigenvalue weighted by Gasteiger charge is 2.40. The number of rotatable bonds is 4. The second-order valence-corrected chi connectivity index (χ2v) is 4.82. The number of esters is 1. The maximum atomic E-state index is 12.6. The largest absolute Gasteiger partial charge is 0.493 e. The van der Waals surface area contributed by atoms with Crippen molar-refractivity contribution in [3.05, 3.63) is 29.8 Å². The minimum Gasteiger partial charge on any atom is -0.493 e. The Kier molecular flexibility index (Phi) is 4.80. The van der Waals surface area contributed by atoms with Crippen LogP contribution in [-0.4, -0.2) is 54.3 Å². The normalized spacial score (nSPS) is 21.2. The summed E-state index contributed by atoms with van der Waals surface area (Å²) in [4.78, 5) is 25.7. The molecular weight excluding hydrogens is 274 g/mol. The fraction of sp³-hybridized carbons (Fsp3) is 0.467. The molecule has 0 bridgehead atoms. The third-order valence-corrected chi connectivity index (χ3v) is 3.43. The molecule has 0 spiro atoms. The van der Waals surface area contributed by atoms with Crippen molar-refractivity contribution < 1.29 is 24.2 Å². The highest BCUT2D eigenvalue weighted by Crippen LogP contribution is 2.26. The molecule has 1 aliphatic rings. The molecule has 1 heterocycles. The lowest BCUT2D eigenvalue weighted by atomic mass is 10.1. The van der Waals surface area contributed by atoms with Gasteiger partial charge in [-0.05, 0) is 19.1 Å². The third kappa shape index (κ3) is 3.16. The van der Waals surface area contributed by atoms with Crippen LogP contribution in [-0.2, 0) is 9.53 Å². The van der Waals surface area contributed by atoms with Gasteiger partial charge in [-0.1, -0.05) is 12.1 Å². The Balaban J connectivity index is 2.28. The van der Waals surface area contributed by atoms with Crippen molar-refractivity contribution >= 4 is 11.9 Å². The van der Waals surface area contributed by atoms with Gasteiger partial charge in [0.05, 0.1) is 25.4 Å². The van der Waals surface area contributed by atoms with Crippen LogP contribution in [0.4, 0.5) is 0 Å². The predicted molar refractivity (Wildman–Crippen MR) is 75.1 cm³/mol. The Morgan fingerprint density at radius 1 is 1.38 bits per heavy atom. The summed E-state index contributed by atoms with van der Waals surface area (Å²) in [5.74, 6) is -0.394. The lowest BCUT2D eigenvalue weighted by Crippen LogP contribution is -2.41. The summed E-state index contributed by atoms with van der Waals surface area (Å²) in [5, 5.41) is 9.75. The molecule has 114 valence electrons. The fourth-order valence-corrected chi connectivity index (χ4v) is 2.48. The summed E-state index contributed by atoms with van der Waals surface area (Å²) in [6.45, 7) is 2.38. The quantitative estimate of drug-likeness (QED) is 0.832. The van der Waals surface area contributed by atoms with Crippen LogP contribution >= 0.6 is 0 Å². The van der Waals surface area contributed by atoms with Crippen LogP contribution in [0.25, 0.3) is 0 Å². The molecule has 1 N–H and O–H groups in total. The fourth-order valence-electron chi connectivity index (χ4n) is 2.48. The number of carbonyl (C=O) groups excluding carboxylic acids is 2. The van der Waals surface area contributed by atoms with E-state index in [0.29, 0.717) is 17.9 Å². The number of likely N-dealkylation sites (tertiary alicyclic amines) is 1.